The van der Waals surface area contributed by atoms with Gasteiger partial charge in [-0.1, -0.05) is 0 Å². The predicted molar refractivity (Wildman–Crippen MR) is 71.8 cm³/mol. The van der Waals surface area contributed by atoms with E-state index in [1.54, 1.807) is 22.2 Å². The van der Waals surface area contributed by atoms with Gasteiger partial charge in [-0.05, 0) is 25.5 Å². The number of aryl methyl sites for hydroxylation is 2. The highest BCUT2D eigenvalue weighted by molar-refractivity contribution is 7.18. The number of hydrogen-bond acceptors (Lipinski definition) is 6. The van der Waals surface area contributed by atoms with E-state index in [9.17, 15) is 0 Å². The lowest BCUT2D eigenvalue weighted by atomic mass is 10.3. The Morgan fingerprint density at radius 3 is 2.83 bits per heavy atom. The third kappa shape index (κ3) is 1.73. The van der Waals surface area contributed by atoms with Gasteiger partial charge in [-0.3, -0.25) is 5.43 Å². The van der Waals surface area contributed by atoms with E-state index in [0.29, 0.717) is 5.95 Å². The van der Waals surface area contributed by atoms with Gasteiger partial charge in [-0.2, -0.15) is 10.1 Å². The molecule has 0 amide bonds. The molecule has 3 rings (SSSR count). The van der Waals surface area contributed by atoms with Crippen molar-refractivity contribution in [3.63, 3.8) is 0 Å². The number of hydrazine groups is 1. The standard InChI is InChI=1S/C11H12N6S/c1-6-4-13-17(5-6)9-8-3-7(2)18-10(8)15-11(14-9)16-12/h3-5H,12H2,1-2H3,(H,14,15,16). The summed E-state index contributed by atoms with van der Waals surface area (Å²) in [5.41, 5.74) is 3.57. The lowest BCUT2D eigenvalue weighted by Crippen LogP contribution is -2.12. The van der Waals surface area contributed by atoms with Crippen LogP contribution >= 0.6 is 11.3 Å². The van der Waals surface area contributed by atoms with Gasteiger partial charge in [0.05, 0.1) is 11.6 Å². The van der Waals surface area contributed by atoms with Gasteiger partial charge in [0.15, 0.2) is 5.82 Å². The first-order valence-electron chi connectivity index (χ1n) is 5.44. The van der Waals surface area contributed by atoms with E-state index in [2.05, 4.69) is 26.6 Å². The Bertz CT molecular complexity index is 713. The highest BCUT2D eigenvalue weighted by atomic mass is 32.1. The summed E-state index contributed by atoms with van der Waals surface area (Å²) in [6.45, 7) is 4.03. The summed E-state index contributed by atoms with van der Waals surface area (Å²) in [7, 11) is 0. The third-order valence-electron chi connectivity index (χ3n) is 2.55. The van der Waals surface area contributed by atoms with Crippen LogP contribution < -0.4 is 11.3 Å². The Hall–Kier alpha value is -1.99. The van der Waals surface area contributed by atoms with Gasteiger partial charge >= 0.3 is 0 Å². The molecule has 0 saturated heterocycles. The molecule has 0 bridgehead atoms. The zero-order chi connectivity index (χ0) is 12.7. The number of thiophene rings is 1. The van der Waals surface area contributed by atoms with Crippen LogP contribution in [-0.2, 0) is 0 Å². The Labute approximate surface area is 107 Å². The van der Waals surface area contributed by atoms with Crippen molar-refractivity contribution < 1.29 is 0 Å². The number of nitrogens with one attached hydrogen (secondary N) is 1. The monoisotopic (exact) mass is 260 g/mol. The van der Waals surface area contributed by atoms with Crippen molar-refractivity contribution in [2.75, 3.05) is 5.43 Å². The summed E-state index contributed by atoms with van der Waals surface area (Å²) in [6.07, 6.45) is 3.72. The fourth-order valence-corrected chi connectivity index (χ4v) is 2.67. The first kappa shape index (κ1) is 11.1. The molecule has 7 heteroatoms. The van der Waals surface area contributed by atoms with Crippen LogP contribution in [0.5, 0.6) is 0 Å². The normalized spacial score (nSPS) is 11.1. The topological polar surface area (TPSA) is 81.7 Å². The SMILES string of the molecule is Cc1cnn(-c2nc(NN)nc3sc(C)cc23)c1. The van der Waals surface area contributed by atoms with Gasteiger partial charge < -0.3 is 0 Å². The van der Waals surface area contributed by atoms with Crippen LogP contribution in [0.2, 0.25) is 0 Å². The van der Waals surface area contributed by atoms with Crippen molar-refractivity contribution in [3.8, 4) is 5.82 Å². The number of rotatable bonds is 2. The number of nitrogens with zero attached hydrogens (tertiary/aromatic N) is 4. The maximum Gasteiger partial charge on any atom is 0.240 e. The molecule has 3 aromatic heterocycles. The number of nitrogen functional groups attached to an aromatic ring is 1. The molecule has 0 aliphatic rings. The van der Waals surface area contributed by atoms with Crippen molar-refractivity contribution in [1.29, 1.82) is 0 Å². The number of anilines is 1. The van der Waals surface area contributed by atoms with E-state index >= 15 is 0 Å². The van der Waals surface area contributed by atoms with Crippen LogP contribution in [0.4, 0.5) is 5.95 Å². The van der Waals surface area contributed by atoms with Gasteiger partial charge in [0.25, 0.3) is 0 Å². The van der Waals surface area contributed by atoms with E-state index in [1.807, 2.05) is 20.0 Å². The van der Waals surface area contributed by atoms with Crippen molar-refractivity contribution in [3.05, 3.63) is 28.9 Å². The second-order valence-electron chi connectivity index (χ2n) is 4.05. The average molecular weight is 260 g/mol. The molecule has 6 nitrogen and oxygen atoms in total. The van der Waals surface area contributed by atoms with Crippen LogP contribution in [0.1, 0.15) is 10.4 Å². The van der Waals surface area contributed by atoms with Gasteiger partial charge in [-0.15, -0.1) is 11.3 Å². The Kier molecular flexibility index (Phi) is 2.49. The maximum atomic E-state index is 5.40. The first-order chi connectivity index (χ1) is 8.67. The van der Waals surface area contributed by atoms with E-state index in [-0.39, 0.29) is 0 Å². The molecule has 18 heavy (non-hydrogen) atoms. The lowest BCUT2D eigenvalue weighted by Gasteiger charge is -2.04. The van der Waals surface area contributed by atoms with Crippen molar-refractivity contribution in [2.24, 2.45) is 5.84 Å². The molecule has 0 fully saturated rings. The van der Waals surface area contributed by atoms with Gasteiger partial charge in [-0.25, -0.2) is 15.5 Å². The zero-order valence-electron chi connectivity index (χ0n) is 10.0. The largest absolute Gasteiger partial charge is 0.292 e. The van der Waals surface area contributed by atoms with E-state index in [0.717, 1.165) is 21.6 Å². The second-order valence-corrected chi connectivity index (χ2v) is 5.29. The van der Waals surface area contributed by atoms with Crippen LogP contribution in [0.15, 0.2) is 18.5 Å². The molecule has 0 unspecified atom stereocenters. The van der Waals surface area contributed by atoms with Gasteiger partial charge in [0, 0.05) is 11.1 Å². The Balaban J connectivity index is 2.31. The van der Waals surface area contributed by atoms with E-state index < -0.39 is 0 Å². The summed E-state index contributed by atoms with van der Waals surface area (Å²) in [4.78, 5) is 10.8. The molecular weight excluding hydrogens is 248 g/mol. The second kappa shape index (κ2) is 4.04. The molecule has 3 heterocycles. The highest BCUT2D eigenvalue weighted by Crippen LogP contribution is 2.28. The number of aromatic nitrogens is 4. The molecule has 0 atom stereocenters. The van der Waals surface area contributed by atoms with E-state index in [4.69, 9.17) is 5.84 Å². The summed E-state index contributed by atoms with van der Waals surface area (Å²) in [5.74, 6) is 6.54. The molecule has 0 aromatic carbocycles. The van der Waals surface area contributed by atoms with Gasteiger partial charge in [0.2, 0.25) is 5.95 Å². The minimum atomic E-state index is 0.396. The van der Waals surface area contributed by atoms with E-state index in [1.165, 1.54) is 4.88 Å². The third-order valence-corrected chi connectivity index (χ3v) is 3.50. The molecule has 0 spiro atoms. The van der Waals surface area contributed by atoms with Crippen LogP contribution in [-0.4, -0.2) is 19.7 Å². The molecule has 3 aromatic rings. The Morgan fingerprint density at radius 2 is 2.17 bits per heavy atom. The van der Waals surface area contributed by atoms with Crippen molar-refractivity contribution in [2.45, 2.75) is 13.8 Å². The molecule has 0 aliphatic carbocycles. The maximum absolute atomic E-state index is 5.40. The number of fused-ring (bicyclic) bond motifs is 1. The first-order valence-corrected chi connectivity index (χ1v) is 6.25. The Morgan fingerprint density at radius 1 is 1.33 bits per heavy atom. The molecule has 3 N–H and O–H groups in total. The van der Waals surface area contributed by atoms with Crippen LogP contribution in [0.3, 0.4) is 0 Å². The summed E-state index contributed by atoms with van der Waals surface area (Å²) < 4.78 is 1.74. The average Bonchev–Trinajstić information content (AvgIpc) is 2.92. The lowest BCUT2D eigenvalue weighted by molar-refractivity contribution is 0.851. The minimum absolute atomic E-state index is 0.396. The molecule has 0 radical (unpaired) electrons. The molecule has 92 valence electrons. The van der Waals surface area contributed by atoms with Crippen LogP contribution in [0.25, 0.3) is 16.0 Å². The highest BCUT2D eigenvalue weighted by Gasteiger charge is 2.12. The number of hydrogen-bond donors (Lipinski definition) is 2. The summed E-state index contributed by atoms with van der Waals surface area (Å²) in [5, 5.41) is 5.27. The quantitative estimate of drug-likeness (QED) is 0.542. The zero-order valence-corrected chi connectivity index (χ0v) is 10.8. The summed E-state index contributed by atoms with van der Waals surface area (Å²) in [6, 6.07) is 2.06. The van der Waals surface area contributed by atoms with Crippen LogP contribution in [0, 0.1) is 13.8 Å². The van der Waals surface area contributed by atoms with Crippen molar-refractivity contribution in [1.82, 2.24) is 19.7 Å². The fraction of sp³-hybridized carbons (Fsp3) is 0.182. The summed E-state index contributed by atoms with van der Waals surface area (Å²) >= 11 is 1.61. The molecule has 0 aliphatic heterocycles. The molecule has 0 saturated carbocycles. The fourth-order valence-electron chi connectivity index (χ4n) is 1.79. The minimum Gasteiger partial charge on any atom is -0.292 e. The molecular formula is C11H12N6S. The smallest absolute Gasteiger partial charge is 0.240 e. The van der Waals surface area contributed by atoms with Crippen molar-refractivity contribution >= 4 is 27.5 Å². The predicted octanol–water partition coefficient (Wildman–Crippen LogP) is 1.78. The number of nitrogens with two attached hydrogens (primary N) is 1. The van der Waals surface area contributed by atoms with Gasteiger partial charge in [0.1, 0.15) is 4.83 Å².